The molecule has 2 N–H and O–H groups in total. The number of nitrogens with one attached hydrogen (secondary N) is 2. The van der Waals surface area contributed by atoms with E-state index in [-0.39, 0.29) is 0 Å². The van der Waals surface area contributed by atoms with Crippen LogP contribution in [0.15, 0.2) is 30.5 Å². The van der Waals surface area contributed by atoms with Crippen molar-refractivity contribution < 1.29 is 0 Å². The average molecular weight is 259 g/mol. The van der Waals surface area contributed by atoms with Gasteiger partial charge in [-0.05, 0) is 63.5 Å². The van der Waals surface area contributed by atoms with Crippen LogP contribution in [0, 0.1) is 0 Å². The molecule has 1 aromatic carbocycles. The highest BCUT2D eigenvalue weighted by Crippen LogP contribution is 2.13. The molecule has 0 saturated heterocycles. The van der Waals surface area contributed by atoms with Gasteiger partial charge in [-0.25, -0.2) is 0 Å². The number of rotatable bonds is 7. The topological polar surface area (TPSA) is 31.1 Å². The van der Waals surface area contributed by atoms with Crippen LogP contribution in [0.1, 0.15) is 25.8 Å². The first kappa shape index (κ1) is 14.1. The Bertz CT molecular complexity index is 501. The summed E-state index contributed by atoms with van der Waals surface area (Å²) in [4.78, 5) is 5.64. The van der Waals surface area contributed by atoms with Gasteiger partial charge in [0.25, 0.3) is 0 Å². The molecule has 0 amide bonds. The Morgan fingerprint density at radius 3 is 2.89 bits per heavy atom. The van der Waals surface area contributed by atoms with E-state index in [1.165, 1.54) is 22.9 Å². The molecule has 0 unspecified atom stereocenters. The maximum Gasteiger partial charge on any atom is 0.0457 e. The smallest absolute Gasteiger partial charge is 0.0457 e. The molecule has 3 heteroatoms. The van der Waals surface area contributed by atoms with E-state index < -0.39 is 0 Å². The second-order valence-corrected chi connectivity index (χ2v) is 5.50. The van der Waals surface area contributed by atoms with E-state index in [4.69, 9.17) is 0 Å². The number of fused-ring (bicyclic) bond motifs is 1. The minimum atomic E-state index is 0.635. The van der Waals surface area contributed by atoms with Gasteiger partial charge in [0.1, 0.15) is 0 Å². The maximum absolute atomic E-state index is 3.51. The third kappa shape index (κ3) is 4.08. The van der Waals surface area contributed by atoms with Crippen LogP contribution in [0.3, 0.4) is 0 Å². The fourth-order valence-electron chi connectivity index (χ4n) is 2.15. The van der Waals surface area contributed by atoms with Gasteiger partial charge in [-0.2, -0.15) is 0 Å². The molecular formula is C16H25N3. The summed E-state index contributed by atoms with van der Waals surface area (Å²) in [5.41, 5.74) is 2.56. The van der Waals surface area contributed by atoms with Crippen molar-refractivity contribution in [1.82, 2.24) is 15.2 Å². The standard InChI is InChI=1S/C16H25N3/c1-13(2)19(3)10-4-8-17-12-14-5-6-15-7-9-18-16(15)11-14/h5-7,9,11,13,17-18H,4,8,10,12H2,1-3H3. The molecule has 0 aliphatic carbocycles. The second kappa shape index (κ2) is 6.73. The van der Waals surface area contributed by atoms with Gasteiger partial charge in [0.05, 0.1) is 0 Å². The molecule has 0 bridgehead atoms. The summed E-state index contributed by atoms with van der Waals surface area (Å²) in [6.07, 6.45) is 3.18. The highest BCUT2D eigenvalue weighted by atomic mass is 15.1. The molecule has 1 aromatic heterocycles. The van der Waals surface area contributed by atoms with Gasteiger partial charge in [0.2, 0.25) is 0 Å². The normalized spacial score (nSPS) is 11.8. The minimum Gasteiger partial charge on any atom is -0.361 e. The lowest BCUT2D eigenvalue weighted by molar-refractivity contribution is 0.269. The largest absolute Gasteiger partial charge is 0.361 e. The summed E-state index contributed by atoms with van der Waals surface area (Å²) < 4.78 is 0. The van der Waals surface area contributed by atoms with E-state index in [1.54, 1.807) is 0 Å². The van der Waals surface area contributed by atoms with Crippen molar-refractivity contribution in [3.8, 4) is 0 Å². The molecule has 19 heavy (non-hydrogen) atoms. The van der Waals surface area contributed by atoms with Crippen molar-refractivity contribution in [3.05, 3.63) is 36.0 Å². The number of aromatic nitrogens is 1. The Morgan fingerprint density at radius 1 is 1.26 bits per heavy atom. The first-order valence-electron chi connectivity index (χ1n) is 7.14. The van der Waals surface area contributed by atoms with Gasteiger partial charge < -0.3 is 15.2 Å². The zero-order valence-electron chi connectivity index (χ0n) is 12.2. The molecule has 0 fully saturated rings. The molecule has 1 heterocycles. The van der Waals surface area contributed by atoms with E-state index in [0.29, 0.717) is 6.04 Å². The summed E-state index contributed by atoms with van der Waals surface area (Å²) in [7, 11) is 2.18. The summed E-state index contributed by atoms with van der Waals surface area (Å²) in [6.45, 7) is 7.64. The molecule has 0 aliphatic heterocycles. The Balaban J connectivity index is 1.70. The second-order valence-electron chi connectivity index (χ2n) is 5.50. The Kier molecular flexibility index (Phi) is 5.00. The number of aromatic amines is 1. The van der Waals surface area contributed by atoms with Crippen LogP contribution in [-0.4, -0.2) is 36.1 Å². The molecular weight excluding hydrogens is 234 g/mol. The quantitative estimate of drug-likeness (QED) is 0.749. The van der Waals surface area contributed by atoms with Gasteiger partial charge in [-0.3, -0.25) is 0 Å². The Morgan fingerprint density at radius 2 is 2.11 bits per heavy atom. The first-order chi connectivity index (χ1) is 9.16. The van der Waals surface area contributed by atoms with Crippen LogP contribution >= 0.6 is 0 Å². The summed E-state index contributed by atoms with van der Waals surface area (Å²) in [6, 6.07) is 9.34. The number of hydrogen-bond acceptors (Lipinski definition) is 2. The zero-order chi connectivity index (χ0) is 13.7. The van der Waals surface area contributed by atoms with Gasteiger partial charge >= 0.3 is 0 Å². The third-order valence-corrected chi connectivity index (χ3v) is 3.69. The zero-order valence-corrected chi connectivity index (χ0v) is 12.2. The molecule has 3 nitrogen and oxygen atoms in total. The van der Waals surface area contributed by atoms with Gasteiger partial charge in [-0.15, -0.1) is 0 Å². The lowest BCUT2D eigenvalue weighted by Crippen LogP contribution is -2.29. The van der Waals surface area contributed by atoms with E-state index >= 15 is 0 Å². The fraction of sp³-hybridized carbons (Fsp3) is 0.500. The van der Waals surface area contributed by atoms with E-state index in [0.717, 1.165) is 19.6 Å². The molecule has 0 spiro atoms. The van der Waals surface area contributed by atoms with Crippen molar-refractivity contribution in [2.24, 2.45) is 0 Å². The van der Waals surface area contributed by atoms with Crippen LogP contribution in [0.25, 0.3) is 10.9 Å². The fourth-order valence-corrected chi connectivity index (χ4v) is 2.15. The molecule has 2 aromatic rings. The van der Waals surface area contributed by atoms with E-state index in [1.807, 2.05) is 6.20 Å². The summed E-state index contributed by atoms with van der Waals surface area (Å²) in [5.74, 6) is 0. The highest BCUT2D eigenvalue weighted by molar-refractivity contribution is 5.79. The van der Waals surface area contributed by atoms with Crippen molar-refractivity contribution in [2.75, 3.05) is 20.1 Å². The molecule has 0 aliphatic rings. The lowest BCUT2D eigenvalue weighted by atomic mass is 10.1. The monoisotopic (exact) mass is 259 g/mol. The van der Waals surface area contributed by atoms with Gasteiger partial charge in [0, 0.05) is 24.3 Å². The summed E-state index contributed by atoms with van der Waals surface area (Å²) in [5, 5.41) is 4.79. The third-order valence-electron chi connectivity index (χ3n) is 3.69. The van der Waals surface area contributed by atoms with Crippen molar-refractivity contribution in [3.63, 3.8) is 0 Å². The Labute approximate surface area is 116 Å². The van der Waals surface area contributed by atoms with Crippen molar-refractivity contribution in [2.45, 2.75) is 32.9 Å². The number of H-pyrrole nitrogens is 1. The SMILES string of the molecule is CC(C)N(C)CCCNCc1ccc2cc[nH]c2c1. The van der Waals surface area contributed by atoms with Crippen LogP contribution in [0.4, 0.5) is 0 Å². The maximum atomic E-state index is 3.51. The molecule has 0 radical (unpaired) electrons. The van der Waals surface area contributed by atoms with Crippen molar-refractivity contribution >= 4 is 10.9 Å². The van der Waals surface area contributed by atoms with Crippen molar-refractivity contribution in [1.29, 1.82) is 0 Å². The van der Waals surface area contributed by atoms with Crippen LogP contribution in [-0.2, 0) is 6.54 Å². The predicted octanol–water partition coefficient (Wildman–Crippen LogP) is 2.99. The first-order valence-corrected chi connectivity index (χ1v) is 7.14. The van der Waals surface area contributed by atoms with E-state index in [9.17, 15) is 0 Å². The molecule has 104 valence electrons. The molecule has 0 atom stereocenters. The number of benzene rings is 1. The number of nitrogens with zero attached hydrogens (tertiary/aromatic N) is 1. The number of hydrogen-bond donors (Lipinski definition) is 2. The van der Waals surface area contributed by atoms with Gasteiger partial charge in [0.15, 0.2) is 0 Å². The molecule has 2 rings (SSSR count). The lowest BCUT2D eigenvalue weighted by Gasteiger charge is -2.20. The Hall–Kier alpha value is -1.32. The van der Waals surface area contributed by atoms with Crippen LogP contribution in [0.5, 0.6) is 0 Å². The predicted molar refractivity (Wildman–Crippen MR) is 82.4 cm³/mol. The molecule has 0 saturated carbocycles. The van der Waals surface area contributed by atoms with Gasteiger partial charge in [-0.1, -0.05) is 12.1 Å². The minimum absolute atomic E-state index is 0.635. The highest BCUT2D eigenvalue weighted by Gasteiger charge is 2.02. The van der Waals surface area contributed by atoms with Crippen LogP contribution in [0.2, 0.25) is 0 Å². The van der Waals surface area contributed by atoms with E-state index in [2.05, 4.69) is 60.4 Å². The average Bonchev–Trinajstić information content (AvgIpc) is 2.85. The summed E-state index contributed by atoms with van der Waals surface area (Å²) >= 11 is 0. The van der Waals surface area contributed by atoms with Crippen LogP contribution < -0.4 is 5.32 Å².